The molecule has 98 valence electrons. The fourth-order valence-electron chi connectivity index (χ4n) is 1.95. The van der Waals surface area contributed by atoms with E-state index in [0.29, 0.717) is 11.0 Å². The Morgan fingerprint density at radius 2 is 1.50 bits per heavy atom. The smallest absolute Gasteiger partial charge is 0.399 e. The van der Waals surface area contributed by atoms with Gasteiger partial charge in [-0.1, -0.05) is 12.1 Å². The lowest BCUT2D eigenvalue weighted by Gasteiger charge is -2.32. The van der Waals surface area contributed by atoms with Gasteiger partial charge in [-0.3, -0.25) is 0 Å². The first-order valence-electron chi connectivity index (χ1n) is 6.27. The van der Waals surface area contributed by atoms with Crippen LogP contribution in [-0.4, -0.2) is 18.3 Å². The summed E-state index contributed by atoms with van der Waals surface area (Å²) in [4.78, 5) is 0. The van der Waals surface area contributed by atoms with Crippen molar-refractivity contribution in [1.82, 2.24) is 0 Å². The maximum Gasteiger partial charge on any atom is 0.497 e. The van der Waals surface area contributed by atoms with Crippen LogP contribution in [0.4, 0.5) is 4.39 Å². The Morgan fingerprint density at radius 3 is 2.00 bits per heavy atom. The Hall–Kier alpha value is -0.865. The van der Waals surface area contributed by atoms with Gasteiger partial charge in [0.05, 0.1) is 11.2 Å². The van der Waals surface area contributed by atoms with Crippen LogP contribution in [0.3, 0.4) is 0 Å². The second-order valence-electron chi connectivity index (χ2n) is 6.00. The molecule has 0 amide bonds. The van der Waals surface area contributed by atoms with Gasteiger partial charge >= 0.3 is 7.12 Å². The molecule has 0 spiro atoms. The molecule has 0 aliphatic carbocycles. The van der Waals surface area contributed by atoms with E-state index in [2.05, 4.69) is 0 Å². The molecule has 1 aliphatic heterocycles. The Morgan fingerprint density at radius 1 is 1.00 bits per heavy atom. The third-order valence-electron chi connectivity index (χ3n) is 4.19. The van der Waals surface area contributed by atoms with E-state index in [9.17, 15) is 4.39 Å². The Labute approximate surface area is 109 Å². The van der Waals surface area contributed by atoms with Crippen LogP contribution in [-0.2, 0) is 9.31 Å². The molecule has 1 aromatic rings. The average Bonchev–Trinajstić information content (AvgIpc) is 2.45. The van der Waals surface area contributed by atoms with Crippen molar-refractivity contribution in [2.45, 2.75) is 52.7 Å². The first-order chi connectivity index (χ1) is 8.16. The van der Waals surface area contributed by atoms with E-state index in [4.69, 9.17) is 9.31 Å². The minimum atomic E-state index is -0.630. The highest BCUT2D eigenvalue weighted by Gasteiger charge is 2.52. The molecule has 2 rings (SSSR count). The summed E-state index contributed by atoms with van der Waals surface area (Å²) in [5.41, 5.74) is 1.19. The number of hydrogen-bond donors (Lipinski definition) is 0. The van der Waals surface area contributed by atoms with Gasteiger partial charge in [0.25, 0.3) is 0 Å². The van der Waals surface area contributed by atoms with Crippen LogP contribution in [0.5, 0.6) is 0 Å². The molecular weight excluding hydrogens is 230 g/mol. The predicted molar refractivity (Wildman–Crippen MR) is 71.6 cm³/mol. The molecule has 18 heavy (non-hydrogen) atoms. The minimum Gasteiger partial charge on any atom is -0.399 e. The molecule has 1 fully saturated rings. The highest BCUT2D eigenvalue weighted by Crippen LogP contribution is 2.36. The van der Waals surface area contributed by atoms with Gasteiger partial charge in [0.2, 0.25) is 0 Å². The zero-order chi connectivity index (χ0) is 13.7. The SMILES string of the molecule is Cc1ccc(B2OC(C)(C)C(C)(C)O2)c(F)c1C. The molecule has 2 nitrogen and oxygen atoms in total. The molecule has 1 aromatic carbocycles. The van der Waals surface area contributed by atoms with E-state index >= 15 is 0 Å². The van der Waals surface area contributed by atoms with Gasteiger partial charge in [-0.15, -0.1) is 0 Å². The number of hydrogen-bond acceptors (Lipinski definition) is 2. The summed E-state index contributed by atoms with van der Waals surface area (Å²) in [7, 11) is -0.630. The maximum atomic E-state index is 14.3. The van der Waals surface area contributed by atoms with Crippen molar-refractivity contribution in [3.05, 3.63) is 29.1 Å². The van der Waals surface area contributed by atoms with Crippen LogP contribution in [0, 0.1) is 19.7 Å². The lowest BCUT2D eigenvalue weighted by molar-refractivity contribution is 0.00578. The molecule has 0 N–H and O–H groups in total. The molecular formula is C14H20BFO2. The number of benzene rings is 1. The molecule has 4 heteroatoms. The van der Waals surface area contributed by atoms with Crippen molar-refractivity contribution in [2.24, 2.45) is 0 Å². The standard InChI is InChI=1S/C14H20BFO2/c1-9-7-8-11(12(16)10(9)2)15-17-13(3,4)14(5,6)18-15/h7-8H,1-6H3. The molecule has 0 saturated carbocycles. The van der Waals surface area contributed by atoms with Crippen molar-refractivity contribution in [2.75, 3.05) is 0 Å². The molecule has 0 bridgehead atoms. The second-order valence-corrected chi connectivity index (χ2v) is 6.00. The lowest BCUT2D eigenvalue weighted by Crippen LogP contribution is -2.41. The van der Waals surface area contributed by atoms with Gasteiger partial charge in [-0.25, -0.2) is 4.39 Å². The van der Waals surface area contributed by atoms with Gasteiger partial charge in [0, 0.05) is 5.46 Å². The zero-order valence-corrected chi connectivity index (χ0v) is 11.9. The average molecular weight is 250 g/mol. The van der Waals surface area contributed by atoms with Gasteiger partial charge in [0.15, 0.2) is 0 Å². The molecule has 0 atom stereocenters. The van der Waals surface area contributed by atoms with E-state index in [-0.39, 0.29) is 5.82 Å². The molecule has 1 heterocycles. The third kappa shape index (κ3) is 1.97. The van der Waals surface area contributed by atoms with Crippen LogP contribution in [0.15, 0.2) is 12.1 Å². The summed E-state index contributed by atoms with van der Waals surface area (Å²) >= 11 is 0. The Kier molecular flexibility index (Phi) is 3.07. The summed E-state index contributed by atoms with van der Waals surface area (Å²) < 4.78 is 26.0. The zero-order valence-electron chi connectivity index (χ0n) is 11.9. The molecule has 0 radical (unpaired) electrons. The van der Waals surface area contributed by atoms with Crippen LogP contribution >= 0.6 is 0 Å². The van der Waals surface area contributed by atoms with Crippen LogP contribution < -0.4 is 5.46 Å². The van der Waals surface area contributed by atoms with Crippen LogP contribution in [0.1, 0.15) is 38.8 Å². The monoisotopic (exact) mass is 250 g/mol. The van der Waals surface area contributed by atoms with Crippen LogP contribution in [0.25, 0.3) is 0 Å². The summed E-state index contributed by atoms with van der Waals surface area (Å²) in [5.74, 6) is -0.228. The number of halogens is 1. The summed E-state index contributed by atoms with van der Waals surface area (Å²) in [6.07, 6.45) is 0. The fourth-order valence-corrected chi connectivity index (χ4v) is 1.95. The van der Waals surface area contributed by atoms with E-state index in [1.807, 2.05) is 40.7 Å². The Bertz CT molecular complexity index is 467. The summed E-state index contributed by atoms with van der Waals surface area (Å²) in [6.45, 7) is 11.5. The van der Waals surface area contributed by atoms with Crippen molar-refractivity contribution in [3.63, 3.8) is 0 Å². The lowest BCUT2D eigenvalue weighted by atomic mass is 9.77. The van der Waals surface area contributed by atoms with Crippen molar-refractivity contribution >= 4 is 12.6 Å². The summed E-state index contributed by atoms with van der Waals surface area (Å²) in [6, 6.07) is 3.65. The van der Waals surface area contributed by atoms with E-state index in [1.165, 1.54) is 0 Å². The van der Waals surface area contributed by atoms with Crippen LogP contribution in [0.2, 0.25) is 0 Å². The quantitative estimate of drug-likeness (QED) is 0.713. The van der Waals surface area contributed by atoms with Gasteiger partial charge < -0.3 is 9.31 Å². The highest BCUT2D eigenvalue weighted by atomic mass is 19.1. The molecule has 1 aliphatic rings. The highest BCUT2D eigenvalue weighted by molar-refractivity contribution is 6.62. The normalized spacial score (nSPS) is 21.4. The molecule has 0 unspecified atom stereocenters. The summed E-state index contributed by atoms with van der Waals surface area (Å²) in [5, 5.41) is 0. The third-order valence-corrected chi connectivity index (χ3v) is 4.19. The Balaban J connectivity index is 2.39. The van der Waals surface area contributed by atoms with Crippen molar-refractivity contribution in [3.8, 4) is 0 Å². The van der Waals surface area contributed by atoms with Gasteiger partial charge in [-0.05, 0) is 52.7 Å². The fraction of sp³-hybridized carbons (Fsp3) is 0.571. The number of aryl methyl sites for hydroxylation is 1. The van der Waals surface area contributed by atoms with Crippen molar-refractivity contribution in [1.29, 1.82) is 0 Å². The molecule has 1 saturated heterocycles. The number of rotatable bonds is 1. The van der Waals surface area contributed by atoms with E-state index in [1.54, 1.807) is 13.0 Å². The first kappa shape index (κ1) is 13.6. The minimum absolute atomic E-state index is 0.228. The second kappa shape index (κ2) is 4.07. The maximum absolute atomic E-state index is 14.3. The van der Waals surface area contributed by atoms with Crippen molar-refractivity contribution < 1.29 is 13.7 Å². The largest absolute Gasteiger partial charge is 0.497 e. The van der Waals surface area contributed by atoms with E-state index in [0.717, 1.165) is 5.56 Å². The predicted octanol–water partition coefficient (Wildman–Crippen LogP) is 2.74. The topological polar surface area (TPSA) is 18.5 Å². The molecule has 0 aromatic heterocycles. The van der Waals surface area contributed by atoms with Gasteiger partial charge in [-0.2, -0.15) is 0 Å². The van der Waals surface area contributed by atoms with Gasteiger partial charge in [0.1, 0.15) is 5.82 Å². The first-order valence-corrected chi connectivity index (χ1v) is 6.27. The van der Waals surface area contributed by atoms with E-state index < -0.39 is 18.3 Å².